The smallest absolute Gasteiger partial charge is 0.168 e. The summed E-state index contributed by atoms with van der Waals surface area (Å²) >= 11 is 1.77. The summed E-state index contributed by atoms with van der Waals surface area (Å²) in [5, 5.41) is 4.33. The summed E-state index contributed by atoms with van der Waals surface area (Å²) in [7, 11) is 1.48. The fourth-order valence-electron chi connectivity index (χ4n) is 7.34. The summed E-state index contributed by atoms with van der Waals surface area (Å²) in [4.78, 5) is 0. The van der Waals surface area contributed by atoms with Crippen LogP contribution in [-0.2, 0) is 37.9 Å². The van der Waals surface area contributed by atoms with Crippen molar-refractivity contribution in [2.45, 2.75) is 204 Å². The molecular formula is C72H101F3OS. The zero-order valence-electron chi connectivity index (χ0n) is 52.5. The van der Waals surface area contributed by atoms with E-state index in [9.17, 15) is 13.2 Å². The van der Waals surface area contributed by atoms with Gasteiger partial charge in [-0.2, -0.15) is 11.3 Å². The molecule has 7 aromatic rings. The standard InChI is InChI=1S/C11H15FO.C11H15F.2C11H16.C10H13F.C10H14.C8H12S/c1-11(2,3)8-6-5-7-9(13-4)10(8)12;1-8-5-6-9(10(12)7-8)11(2,3)4;1-9-5-7-10(8-6-9)11(2,3)4;1-9-6-5-7-10(8-9)11(2,3)4;1-10(2,3)8-6-4-5-7-9(8)11;1-10(2,3)9-7-5-4-6-8-9;1-8(2,3)7-4-5-9-6-7/h5-7H,1-4H3;5-7H,1-4H3;2*5-8H,1-4H3;4-7H,1-3H3;4-8H,1-3H3;4-6H,1-3H3. The molecule has 0 saturated heterocycles. The fraction of sp³-hybridized carbons (Fsp3) is 0.444. The Morgan fingerprint density at radius 1 is 0.325 bits per heavy atom. The van der Waals surface area contributed by atoms with Crippen LogP contribution in [0.25, 0.3) is 0 Å². The minimum Gasteiger partial charge on any atom is -0.494 e. The molecule has 5 heteroatoms. The molecular weight excluding hydrogens is 970 g/mol. The van der Waals surface area contributed by atoms with Crippen molar-refractivity contribution in [2.75, 3.05) is 7.11 Å². The van der Waals surface area contributed by atoms with Crippen molar-refractivity contribution in [3.8, 4) is 5.75 Å². The Kier molecular flexibility index (Phi) is 27.2. The molecule has 0 spiro atoms. The normalized spacial score (nSPS) is 11.6. The van der Waals surface area contributed by atoms with Crippen LogP contribution in [0.1, 0.15) is 201 Å². The second-order valence-electron chi connectivity index (χ2n) is 27.1. The molecule has 0 bridgehead atoms. The minimum atomic E-state index is -0.252. The maximum absolute atomic E-state index is 13.6. The molecule has 0 radical (unpaired) electrons. The van der Waals surface area contributed by atoms with Crippen LogP contribution in [0.2, 0.25) is 0 Å². The van der Waals surface area contributed by atoms with Gasteiger partial charge < -0.3 is 4.74 Å². The SMILES string of the molecule is CC(C)(C)c1ccccc1.CC(C)(C)c1ccccc1F.CC(C)(C)c1ccsc1.COc1cccc(C(C)(C)C)c1F.Cc1ccc(C(C)(C)C)c(F)c1.Cc1ccc(C(C)(C)C)cc1.Cc1cccc(C(C)(C)C)c1. The van der Waals surface area contributed by atoms with E-state index in [1.807, 2.05) is 99.6 Å². The first-order valence-electron chi connectivity index (χ1n) is 27.2. The van der Waals surface area contributed by atoms with Gasteiger partial charge in [-0.1, -0.05) is 278 Å². The van der Waals surface area contributed by atoms with E-state index in [0.29, 0.717) is 22.1 Å². The van der Waals surface area contributed by atoms with E-state index in [4.69, 9.17) is 4.74 Å². The van der Waals surface area contributed by atoms with Crippen LogP contribution in [-0.4, -0.2) is 7.11 Å². The third-order valence-electron chi connectivity index (χ3n) is 12.4. The molecule has 0 aliphatic carbocycles. The van der Waals surface area contributed by atoms with Gasteiger partial charge in [0, 0.05) is 0 Å². The summed E-state index contributed by atoms with van der Waals surface area (Å²) in [5.41, 5.74) is 12.4. The van der Waals surface area contributed by atoms with Crippen molar-refractivity contribution >= 4 is 11.3 Å². The van der Waals surface area contributed by atoms with E-state index >= 15 is 0 Å². The highest BCUT2D eigenvalue weighted by Crippen LogP contribution is 2.31. The molecule has 0 unspecified atom stereocenters. The van der Waals surface area contributed by atoms with Crippen LogP contribution in [0.3, 0.4) is 0 Å². The number of hydrogen-bond acceptors (Lipinski definition) is 2. The molecule has 0 N–H and O–H groups in total. The maximum atomic E-state index is 13.6. The first-order valence-corrected chi connectivity index (χ1v) is 28.1. The van der Waals surface area contributed by atoms with Gasteiger partial charge >= 0.3 is 0 Å². The topological polar surface area (TPSA) is 9.23 Å². The van der Waals surface area contributed by atoms with E-state index in [-0.39, 0.29) is 44.5 Å². The summed E-state index contributed by atoms with van der Waals surface area (Å²) in [6.07, 6.45) is 0. The summed E-state index contributed by atoms with van der Waals surface area (Å²) in [5.74, 6) is -0.146. The van der Waals surface area contributed by atoms with Crippen molar-refractivity contribution in [3.05, 3.63) is 229 Å². The van der Waals surface area contributed by atoms with Crippen LogP contribution in [0, 0.1) is 38.2 Å². The largest absolute Gasteiger partial charge is 0.494 e. The maximum Gasteiger partial charge on any atom is 0.168 e. The van der Waals surface area contributed by atoms with Crippen molar-refractivity contribution in [2.24, 2.45) is 0 Å². The van der Waals surface area contributed by atoms with E-state index < -0.39 is 0 Å². The Balaban J connectivity index is 0.000000450. The minimum absolute atomic E-state index is 0.0919. The molecule has 6 aromatic carbocycles. The molecule has 0 saturated carbocycles. The number of benzene rings is 6. The summed E-state index contributed by atoms with van der Waals surface area (Å²) in [6.45, 7) is 50.9. The van der Waals surface area contributed by atoms with Crippen molar-refractivity contribution < 1.29 is 17.9 Å². The molecule has 0 aliphatic heterocycles. The lowest BCUT2D eigenvalue weighted by molar-refractivity contribution is 0.378. The molecule has 1 nitrogen and oxygen atoms in total. The van der Waals surface area contributed by atoms with Gasteiger partial charge in [-0.15, -0.1) is 0 Å². The van der Waals surface area contributed by atoms with Crippen LogP contribution in [0.4, 0.5) is 13.2 Å². The Labute approximate surface area is 473 Å². The van der Waals surface area contributed by atoms with Gasteiger partial charge in [0.05, 0.1) is 7.11 Å². The van der Waals surface area contributed by atoms with Gasteiger partial charge in [0.15, 0.2) is 11.6 Å². The molecule has 77 heavy (non-hydrogen) atoms. The average molecular weight is 1070 g/mol. The van der Waals surface area contributed by atoms with Crippen LogP contribution >= 0.6 is 11.3 Å². The summed E-state index contributed by atoms with van der Waals surface area (Å²) < 4.78 is 45.0. The predicted octanol–water partition coefficient (Wildman–Crippen LogP) is 22.3. The van der Waals surface area contributed by atoms with E-state index in [2.05, 4.69) is 193 Å². The highest BCUT2D eigenvalue weighted by molar-refractivity contribution is 7.08. The van der Waals surface area contributed by atoms with Gasteiger partial charge in [0.2, 0.25) is 0 Å². The van der Waals surface area contributed by atoms with E-state index in [1.165, 1.54) is 46.6 Å². The molecule has 7 rings (SSSR count). The number of ether oxygens (including phenoxy) is 1. The fourth-order valence-corrected chi connectivity index (χ4v) is 8.22. The summed E-state index contributed by atoms with van der Waals surface area (Å²) in [6, 6.07) is 47.7. The molecule has 0 fully saturated rings. The molecule has 1 aromatic heterocycles. The van der Waals surface area contributed by atoms with Gasteiger partial charge in [-0.05, 0) is 138 Å². The zero-order valence-corrected chi connectivity index (χ0v) is 53.3. The van der Waals surface area contributed by atoms with E-state index in [1.54, 1.807) is 35.6 Å². The van der Waals surface area contributed by atoms with Gasteiger partial charge in [0.25, 0.3) is 0 Å². The third-order valence-corrected chi connectivity index (χ3v) is 13.1. The highest BCUT2D eigenvalue weighted by Gasteiger charge is 2.21. The molecule has 0 aliphatic rings. The number of aryl methyl sites for hydroxylation is 3. The Morgan fingerprint density at radius 3 is 1.09 bits per heavy atom. The van der Waals surface area contributed by atoms with Gasteiger partial charge in [-0.3, -0.25) is 0 Å². The third kappa shape index (κ3) is 26.7. The number of methoxy groups -OCH3 is 1. The second-order valence-corrected chi connectivity index (χ2v) is 27.9. The number of thiophene rings is 1. The van der Waals surface area contributed by atoms with Crippen LogP contribution in [0.15, 0.2) is 156 Å². The second kappa shape index (κ2) is 30.1. The monoisotopic (exact) mass is 1070 g/mol. The predicted molar refractivity (Wildman–Crippen MR) is 335 cm³/mol. The quantitative estimate of drug-likeness (QED) is 0.159. The first kappa shape index (κ1) is 69.6. The number of rotatable bonds is 1. The van der Waals surface area contributed by atoms with Gasteiger partial charge in [0.1, 0.15) is 11.6 Å². The molecule has 422 valence electrons. The Bertz CT molecular complexity index is 2740. The number of halogens is 3. The average Bonchev–Trinajstić information content (AvgIpc) is 3.86. The molecule has 0 amide bonds. The van der Waals surface area contributed by atoms with Crippen molar-refractivity contribution in [3.63, 3.8) is 0 Å². The van der Waals surface area contributed by atoms with Crippen molar-refractivity contribution in [1.82, 2.24) is 0 Å². The lowest BCUT2D eigenvalue weighted by Crippen LogP contribution is -2.13. The lowest BCUT2D eigenvalue weighted by atomic mass is 9.86. The zero-order chi connectivity index (χ0) is 59.4. The van der Waals surface area contributed by atoms with Crippen molar-refractivity contribution in [1.29, 1.82) is 0 Å². The Hall–Kier alpha value is -5.39. The van der Waals surface area contributed by atoms with Gasteiger partial charge in [-0.25, -0.2) is 13.2 Å². The van der Waals surface area contributed by atoms with Crippen LogP contribution < -0.4 is 4.74 Å². The first-order chi connectivity index (χ1) is 35.1. The molecule has 0 atom stereocenters. The Morgan fingerprint density at radius 2 is 0.727 bits per heavy atom. The molecule has 1 heterocycles. The lowest BCUT2D eigenvalue weighted by Gasteiger charge is -2.20. The van der Waals surface area contributed by atoms with Crippen LogP contribution in [0.5, 0.6) is 5.75 Å². The highest BCUT2D eigenvalue weighted by atomic mass is 32.1. The van der Waals surface area contributed by atoms with E-state index in [0.717, 1.165) is 16.7 Å². The number of hydrogen-bond donors (Lipinski definition) is 0.